The van der Waals surface area contributed by atoms with Crippen molar-refractivity contribution < 1.29 is 22.8 Å². The molecule has 3 rings (SSSR count). The quantitative estimate of drug-likeness (QED) is 0.812. The van der Waals surface area contributed by atoms with Crippen LogP contribution in [0, 0.1) is 5.92 Å². The number of hydrogen-bond acceptors (Lipinski definition) is 3. The fourth-order valence-corrected chi connectivity index (χ4v) is 3.48. The van der Waals surface area contributed by atoms with Crippen LogP contribution in [0.5, 0.6) is 0 Å². The van der Waals surface area contributed by atoms with E-state index < -0.39 is 24.0 Å². The van der Waals surface area contributed by atoms with Crippen LogP contribution in [0.3, 0.4) is 0 Å². The number of amides is 2. The number of para-hydroxylation sites is 1. The lowest BCUT2D eigenvalue weighted by Crippen LogP contribution is -2.43. The number of aromatic nitrogens is 1. The van der Waals surface area contributed by atoms with Gasteiger partial charge in [0.2, 0.25) is 5.91 Å². The highest BCUT2D eigenvalue weighted by Crippen LogP contribution is 2.40. The summed E-state index contributed by atoms with van der Waals surface area (Å²) in [7, 11) is 1.49. The number of fused-ring (bicyclic) bond motifs is 1. The molecular formula is C21H22F3N3O2. The molecular weight excluding hydrogens is 383 g/mol. The van der Waals surface area contributed by atoms with E-state index in [1.165, 1.54) is 13.2 Å². The predicted molar refractivity (Wildman–Crippen MR) is 104 cm³/mol. The topological polar surface area (TPSA) is 71.1 Å². The molecule has 1 aliphatic rings. The first-order chi connectivity index (χ1) is 13.7. The number of benzene rings is 1. The minimum Gasteiger partial charge on any atom is -0.357 e. The number of allylic oxidation sites excluding steroid dienone is 2. The van der Waals surface area contributed by atoms with Crippen molar-refractivity contribution in [1.82, 2.24) is 15.6 Å². The normalized spacial score (nSPS) is 18.1. The Bertz CT molecular complexity index is 969. The highest BCUT2D eigenvalue weighted by atomic mass is 19.4. The maximum absolute atomic E-state index is 12.9. The van der Waals surface area contributed by atoms with Gasteiger partial charge >= 0.3 is 6.18 Å². The van der Waals surface area contributed by atoms with E-state index in [-0.39, 0.29) is 18.7 Å². The summed E-state index contributed by atoms with van der Waals surface area (Å²) in [5.41, 5.74) is 2.57. The monoisotopic (exact) mass is 405 g/mol. The van der Waals surface area contributed by atoms with Crippen molar-refractivity contribution in [1.29, 1.82) is 0 Å². The molecule has 29 heavy (non-hydrogen) atoms. The fraction of sp³-hybridized carbons (Fsp3) is 0.381. The summed E-state index contributed by atoms with van der Waals surface area (Å²) in [4.78, 5) is 28.4. The van der Waals surface area contributed by atoms with Gasteiger partial charge in [0.15, 0.2) is 0 Å². The Kier molecular flexibility index (Phi) is 5.91. The number of carbonyl (C=O) groups excluding carboxylic acids is 2. The molecule has 0 radical (unpaired) electrons. The first-order valence-electron chi connectivity index (χ1n) is 9.38. The lowest BCUT2D eigenvalue weighted by molar-refractivity contribution is -0.175. The van der Waals surface area contributed by atoms with E-state index in [9.17, 15) is 22.8 Å². The van der Waals surface area contributed by atoms with Gasteiger partial charge in [0.05, 0.1) is 17.0 Å². The Morgan fingerprint density at radius 3 is 2.66 bits per heavy atom. The minimum absolute atomic E-state index is 0.0346. The molecule has 0 bridgehead atoms. The van der Waals surface area contributed by atoms with E-state index in [0.29, 0.717) is 22.9 Å². The fourth-order valence-electron chi connectivity index (χ4n) is 3.48. The highest BCUT2D eigenvalue weighted by Gasteiger charge is 2.39. The smallest absolute Gasteiger partial charge is 0.357 e. The van der Waals surface area contributed by atoms with Crippen molar-refractivity contribution in [3.05, 3.63) is 47.7 Å². The van der Waals surface area contributed by atoms with Gasteiger partial charge in [-0.05, 0) is 37.8 Å². The van der Waals surface area contributed by atoms with Gasteiger partial charge in [-0.15, -0.1) is 0 Å². The number of halogens is 3. The summed E-state index contributed by atoms with van der Waals surface area (Å²) in [6.07, 6.45) is -0.760. The third kappa shape index (κ3) is 4.58. The molecule has 1 aliphatic carbocycles. The van der Waals surface area contributed by atoms with Crippen molar-refractivity contribution in [3.63, 3.8) is 0 Å². The van der Waals surface area contributed by atoms with Gasteiger partial charge < -0.3 is 10.6 Å². The highest BCUT2D eigenvalue weighted by molar-refractivity contribution is 6.01. The maximum Gasteiger partial charge on any atom is 0.392 e. The Labute approximate surface area is 166 Å². The molecule has 2 N–H and O–H groups in total. The van der Waals surface area contributed by atoms with Crippen LogP contribution in [0.15, 0.2) is 36.5 Å². The van der Waals surface area contributed by atoms with Gasteiger partial charge in [0.25, 0.3) is 5.91 Å². The molecule has 2 aromatic rings. The number of hydrogen-bond donors (Lipinski definition) is 2. The van der Waals surface area contributed by atoms with Crippen LogP contribution in [0.1, 0.15) is 42.1 Å². The molecule has 1 heterocycles. The van der Waals surface area contributed by atoms with Crippen LogP contribution in [-0.2, 0) is 4.79 Å². The van der Waals surface area contributed by atoms with E-state index in [0.717, 1.165) is 11.1 Å². The molecule has 8 heteroatoms. The van der Waals surface area contributed by atoms with Gasteiger partial charge in [0, 0.05) is 24.2 Å². The van der Waals surface area contributed by atoms with Gasteiger partial charge in [-0.1, -0.05) is 24.3 Å². The Morgan fingerprint density at radius 1 is 1.28 bits per heavy atom. The number of nitrogens with zero attached hydrogens (tertiary/aromatic N) is 1. The second-order valence-corrected chi connectivity index (χ2v) is 7.15. The summed E-state index contributed by atoms with van der Waals surface area (Å²) in [6, 6.07) is 6.41. The SMILES string of the molecule is CNC(=O)[C@@H](C)NC(=O)c1cnc2c(C3=CCC(C(F)(F)F)CC3)cccc2c1. The molecule has 1 unspecified atom stereocenters. The predicted octanol–water partition coefficient (Wildman–Crippen LogP) is 3.84. The largest absolute Gasteiger partial charge is 0.392 e. The van der Waals surface area contributed by atoms with Crippen molar-refractivity contribution in [2.45, 2.75) is 38.4 Å². The van der Waals surface area contributed by atoms with E-state index in [1.807, 2.05) is 6.07 Å². The number of pyridine rings is 1. The van der Waals surface area contributed by atoms with Crippen molar-refractivity contribution >= 4 is 28.3 Å². The van der Waals surface area contributed by atoms with E-state index in [2.05, 4.69) is 15.6 Å². The van der Waals surface area contributed by atoms with E-state index in [1.54, 1.807) is 31.2 Å². The molecule has 0 spiro atoms. The van der Waals surface area contributed by atoms with Crippen molar-refractivity contribution in [3.8, 4) is 0 Å². The zero-order valence-electron chi connectivity index (χ0n) is 16.1. The van der Waals surface area contributed by atoms with Crippen LogP contribution < -0.4 is 10.6 Å². The summed E-state index contributed by atoms with van der Waals surface area (Å²) >= 11 is 0. The van der Waals surface area contributed by atoms with E-state index in [4.69, 9.17) is 0 Å². The summed E-state index contributed by atoms with van der Waals surface area (Å²) in [5, 5.41) is 5.77. The second kappa shape index (κ2) is 8.23. The van der Waals surface area contributed by atoms with Gasteiger partial charge in [-0.25, -0.2) is 0 Å². The third-order valence-corrected chi connectivity index (χ3v) is 5.18. The van der Waals surface area contributed by atoms with Crippen LogP contribution >= 0.6 is 0 Å². The molecule has 0 saturated carbocycles. The summed E-state index contributed by atoms with van der Waals surface area (Å²) < 4.78 is 38.7. The Hall–Kier alpha value is -2.90. The number of nitrogens with one attached hydrogen (secondary N) is 2. The third-order valence-electron chi connectivity index (χ3n) is 5.18. The summed E-state index contributed by atoms with van der Waals surface area (Å²) in [5.74, 6) is -2.03. The van der Waals surface area contributed by atoms with Gasteiger partial charge in [-0.2, -0.15) is 13.2 Å². The molecule has 0 aliphatic heterocycles. The number of rotatable bonds is 4. The number of carbonyl (C=O) groups is 2. The number of likely N-dealkylation sites (N-methyl/N-ethyl adjacent to an activating group) is 1. The van der Waals surface area contributed by atoms with Crippen LogP contribution in [0.25, 0.3) is 16.5 Å². The molecule has 2 amide bonds. The molecule has 1 aromatic heterocycles. The molecule has 154 valence electrons. The van der Waals surface area contributed by atoms with Gasteiger partial charge in [-0.3, -0.25) is 14.6 Å². The van der Waals surface area contributed by atoms with Crippen molar-refractivity contribution in [2.24, 2.45) is 5.92 Å². The van der Waals surface area contributed by atoms with Crippen LogP contribution in [0.2, 0.25) is 0 Å². The van der Waals surface area contributed by atoms with E-state index >= 15 is 0 Å². The first-order valence-corrected chi connectivity index (χ1v) is 9.38. The second-order valence-electron chi connectivity index (χ2n) is 7.15. The summed E-state index contributed by atoms with van der Waals surface area (Å²) in [6.45, 7) is 1.58. The molecule has 0 saturated heterocycles. The molecule has 1 aromatic carbocycles. The Morgan fingerprint density at radius 2 is 2.03 bits per heavy atom. The molecule has 2 atom stereocenters. The lowest BCUT2D eigenvalue weighted by Gasteiger charge is -2.24. The van der Waals surface area contributed by atoms with Crippen molar-refractivity contribution in [2.75, 3.05) is 7.05 Å². The average Bonchev–Trinajstić information content (AvgIpc) is 2.71. The Balaban J connectivity index is 1.85. The maximum atomic E-state index is 12.9. The zero-order valence-corrected chi connectivity index (χ0v) is 16.1. The minimum atomic E-state index is -4.17. The van der Waals surface area contributed by atoms with Crippen LogP contribution in [-0.4, -0.2) is 36.1 Å². The van der Waals surface area contributed by atoms with Gasteiger partial charge in [0.1, 0.15) is 6.04 Å². The molecule has 5 nitrogen and oxygen atoms in total. The lowest BCUT2D eigenvalue weighted by atomic mass is 9.85. The molecule has 0 fully saturated rings. The van der Waals surface area contributed by atoms with Crippen LogP contribution in [0.4, 0.5) is 13.2 Å². The first kappa shape index (κ1) is 20.8. The number of alkyl halides is 3. The standard InChI is InChI=1S/C21H22F3N3O2/c1-12(19(28)25-2)27-20(29)15-10-14-4-3-5-17(18(14)26-11-15)13-6-8-16(9-7-13)21(22,23)24/h3-6,10-12,16H,7-9H2,1-2H3,(H,25,28)(H,27,29)/t12-,16?/m1/s1. The zero-order chi connectivity index (χ0) is 21.2. The average molecular weight is 405 g/mol.